The molecule has 0 spiro atoms. The fraction of sp³-hybridized carbons (Fsp3) is 0.115. The van der Waals surface area contributed by atoms with E-state index in [4.69, 9.17) is 0 Å². The topological polar surface area (TPSA) is 20.3 Å². The van der Waals surface area contributed by atoms with Crippen molar-refractivity contribution >= 4 is 44.7 Å². The Morgan fingerprint density at radius 3 is 2.28 bits per heavy atom. The maximum absolute atomic E-state index is 12.3. The molecule has 4 aromatic rings. The number of para-hydroxylation sites is 1. The van der Waals surface area contributed by atoms with Gasteiger partial charge >= 0.3 is 0 Å². The molecule has 1 unspecified atom stereocenters. The van der Waals surface area contributed by atoms with Crippen LogP contribution >= 0.6 is 11.3 Å². The van der Waals surface area contributed by atoms with E-state index in [9.17, 15) is 4.79 Å². The molecular weight excluding hydrogens is 374 g/mol. The third-order valence-corrected chi connectivity index (χ3v) is 6.69. The molecule has 0 fully saturated rings. The summed E-state index contributed by atoms with van der Waals surface area (Å²) < 4.78 is 1.27. The molecule has 0 bridgehead atoms. The number of Topliss-reactive ketones (excluding diaryl/α,β-unsaturated/α-hetero) is 1. The van der Waals surface area contributed by atoms with Crippen LogP contribution in [0.5, 0.6) is 0 Å². The Balaban J connectivity index is 1.80. The van der Waals surface area contributed by atoms with Gasteiger partial charge in [0.15, 0.2) is 0 Å². The van der Waals surface area contributed by atoms with Gasteiger partial charge in [0.05, 0.1) is 6.04 Å². The first-order valence-electron chi connectivity index (χ1n) is 9.84. The standard InChI is InChI=1S/C26H21NOS/c1-18(28)16-24-26-22(21-14-8-9-15-25(21)29-26)17-23(19-10-4-2-5-11-19)27(24)20-12-6-3-7-13-20/h2-15,17,24H,16H2,1H3. The Morgan fingerprint density at radius 1 is 0.897 bits per heavy atom. The first kappa shape index (κ1) is 17.9. The van der Waals surface area contributed by atoms with Gasteiger partial charge < -0.3 is 4.90 Å². The number of carbonyl (C=O) groups excluding carboxylic acids is 1. The second kappa shape index (κ2) is 7.34. The highest BCUT2D eigenvalue weighted by Crippen LogP contribution is 2.48. The number of thiophene rings is 1. The molecule has 0 aliphatic carbocycles. The van der Waals surface area contributed by atoms with Gasteiger partial charge in [-0.2, -0.15) is 0 Å². The summed E-state index contributed by atoms with van der Waals surface area (Å²) in [7, 11) is 0. The molecule has 1 atom stereocenters. The Bertz CT molecular complexity index is 1210. The molecule has 0 amide bonds. The number of fused-ring (bicyclic) bond motifs is 3. The van der Waals surface area contributed by atoms with Gasteiger partial charge in [0, 0.05) is 38.3 Å². The first-order valence-corrected chi connectivity index (χ1v) is 10.7. The zero-order valence-electron chi connectivity index (χ0n) is 16.2. The van der Waals surface area contributed by atoms with E-state index in [1.165, 1.54) is 20.5 Å². The predicted molar refractivity (Wildman–Crippen MR) is 123 cm³/mol. The second-order valence-electron chi connectivity index (χ2n) is 7.40. The van der Waals surface area contributed by atoms with Crippen molar-refractivity contribution < 1.29 is 4.79 Å². The lowest BCUT2D eigenvalue weighted by Crippen LogP contribution is -2.31. The fourth-order valence-corrected chi connectivity index (χ4v) is 5.44. The lowest BCUT2D eigenvalue weighted by molar-refractivity contribution is -0.117. The highest BCUT2D eigenvalue weighted by molar-refractivity contribution is 7.19. The van der Waals surface area contributed by atoms with Crippen LogP contribution in [0.1, 0.15) is 35.4 Å². The summed E-state index contributed by atoms with van der Waals surface area (Å²) in [6.07, 6.45) is 2.78. The van der Waals surface area contributed by atoms with Crippen molar-refractivity contribution in [3.05, 3.63) is 101 Å². The highest BCUT2D eigenvalue weighted by Gasteiger charge is 2.33. The predicted octanol–water partition coefficient (Wildman–Crippen LogP) is 6.94. The maximum atomic E-state index is 12.3. The van der Waals surface area contributed by atoms with Gasteiger partial charge in [-0.25, -0.2) is 0 Å². The van der Waals surface area contributed by atoms with Gasteiger partial charge in [-0.3, -0.25) is 4.79 Å². The van der Waals surface area contributed by atoms with E-state index in [0.29, 0.717) is 6.42 Å². The van der Waals surface area contributed by atoms with Gasteiger partial charge in [-0.1, -0.05) is 66.7 Å². The Labute approximate surface area is 174 Å². The van der Waals surface area contributed by atoms with E-state index < -0.39 is 0 Å². The highest BCUT2D eigenvalue weighted by atomic mass is 32.1. The summed E-state index contributed by atoms with van der Waals surface area (Å²) >= 11 is 1.81. The molecule has 1 aliphatic rings. The number of ketones is 1. The zero-order valence-corrected chi connectivity index (χ0v) is 17.0. The van der Waals surface area contributed by atoms with Crippen LogP contribution < -0.4 is 4.90 Å². The van der Waals surface area contributed by atoms with Crippen molar-refractivity contribution in [3.8, 4) is 0 Å². The summed E-state index contributed by atoms with van der Waals surface area (Å²) in [5.74, 6) is 0.202. The van der Waals surface area contributed by atoms with E-state index in [1.54, 1.807) is 18.3 Å². The number of carbonyl (C=O) groups is 1. The van der Waals surface area contributed by atoms with E-state index in [2.05, 4.69) is 83.8 Å². The number of anilines is 1. The minimum Gasteiger partial charge on any atom is -0.332 e. The first-order chi connectivity index (χ1) is 14.2. The lowest BCUT2D eigenvalue weighted by atomic mass is 9.93. The van der Waals surface area contributed by atoms with Crippen LogP contribution in [-0.4, -0.2) is 5.78 Å². The molecule has 3 aromatic carbocycles. The van der Waals surface area contributed by atoms with Crippen LogP contribution in [0.2, 0.25) is 0 Å². The number of hydrogen-bond acceptors (Lipinski definition) is 3. The van der Waals surface area contributed by atoms with Crippen LogP contribution in [-0.2, 0) is 4.79 Å². The second-order valence-corrected chi connectivity index (χ2v) is 8.48. The van der Waals surface area contributed by atoms with Crippen molar-refractivity contribution in [2.45, 2.75) is 19.4 Å². The fourth-order valence-electron chi connectivity index (χ4n) is 4.17. The Hall–Kier alpha value is -3.17. The zero-order chi connectivity index (χ0) is 19.8. The minimum atomic E-state index is -0.0116. The van der Waals surface area contributed by atoms with Crippen molar-refractivity contribution in [1.82, 2.24) is 0 Å². The largest absolute Gasteiger partial charge is 0.332 e. The van der Waals surface area contributed by atoms with E-state index >= 15 is 0 Å². The summed E-state index contributed by atoms with van der Waals surface area (Å²) in [6, 6.07) is 29.4. The number of hydrogen-bond donors (Lipinski definition) is 0. The summed E-state index contributed by atoms with van der Waals surface area (Å²) in [4.78, 5) is 15.9. The molecule has 29 heavy (non-hydrogen) atoms. The maximum Gasteiger partial charge on any atom is 0.132 e. The number of rotatable bonds is 4. The van der Waals surface area contributed by atoms with E-state index in [0.717, 1.165) is 16.9 Å². The van der Waals surface area contributed by atoms with Crippen molar-refractivity contribution in [2.75, 3.05) is 4.90 Å². The van der Waals surface area contributed by atoms with Crippen molar-refractivity contribution in [2.24, 2.45) is 0 Å². The van der Waals surface area contributed by atoms with Crippen molar-refractivity contribution in [1.29, 1.82) is 0 Å². The molecule has 0 saturated heterocycles. The lowest BCUT2D eigenvalue weighted by Gasteiger charge is -2.38. The molecular formula is C26H21NOS. The molecule has 0 N–H and O–H groups in total. The monoisotopic (exact) mass is 395 g/mol. The van der Waals surface area contributed by atoms with Crippen LogP contribution in [0.4, 0.5) is 5.69 Å². The summed E-state index contributed by atoms with van der Waals surface area (Å²) in [5.41, 5.74) is 4.66. The van der Waals surface area contributed by atoms with Crippen LogP contribution in [0.25, 0.3) is 21.9 Å². The van der Waals surface area contributed by atoms with Gasteiger partial charge in [0.25, 0.3) is 0 Å². The quantitative estimate of drug-likeness (QED) is 0.373. The molecule has 1 aliphatic heterocycles. The Morgan fingerprint density at radius 2 is 1.55 bits per heavy atom. The minimum absolute atomic E-state index is 0.0116. The summed E-state index contributed by atoms with van der Waals surface area (Å²) in [6.45, 7) is 1.69. The normalized spacial score (nSPS) is 15.8. The molecule has 0 radical (unpaired) electrons. The van der Waals surface area contributed by atoms with Crippen LogP contribution in [0.3, 0.4) is 0 Å². The van der Waals surface area contributed by atoms with Gasteiger partial charge in [-0.15, -0.1) is 11.3 Å². The SMILES string of the molecule is CC(=O)CC1c2sc3ccccc3c2C=C(c2ccccc2)N1c1ccccc1. The molecule has 2 nitrogen and oxygen atoms in total. The van der Waals surface area contributed by atoms with Gasteiger partial charge in [-0.05, 0) is 36.8 Å². The molecule has 5 rings (SSSR count). The molecule has 2 heterocycles. The van der Waals surface area contributed by atoms with E-state index in [1.807, 2.05) is 12.1 Å². The third-order valence-electron chi connectivity index (χ3n) is 5.40. The van der Waals surface area contributed by atoms with Crippen LogP contribution in [0, 0.1) is 0 Å². The van der Waals surface area contributed by atoms with Crippen LogP contribution in [0.15, 0.2) is 84.9 Å². The van der Waals surface area contributed by atoms with E-state index in [-0.39, 0.29) is 11.8 Å². The molecule has 0 saturated carbocycles. The average Bonchev–Trinajstić information content (AvgIpc) is 3.13. The summed E-state index contributed by atoms with van der Waals surface area (Å²) in [5, 5.41) is 1.27. The van der Waals surface area contributed by atoms with Gasteiger partial charge in [0.1, 0.15) is 5.78 Å². The third kappa shape index (κ3) is 3.18. The Kier molecular flexibility index (Phi) is 4.53. The average molecular weight is 396 g/mol. The number of benzene rings is 3. The van der Waals surface area contributed by atoms with Crippen molar-refractivity contribution in [3.63, 3.8) is 0 Å². The smallest absolute Gasteiger partial charge is 0.132 e. The van der Waals surface area contributed by atoms with Gasteiger partial charge in [0.2, 0.25) is 0 Å². The molecule has 1 aromatic heterocycles. The number of nitrogens with zero attached hydrogens (tertiary/aromatic N) is 1. The molecule has 142 valence electrons. The molecule has 3 heteroatoms.